The van der Waals surface area contributed by atoms with Crippen molar-refractivity contribution in [1.29, 1.82) is 0 Å². The van der Waals surface area contributed by atoms with E-state index in [-0.39, 0.29) is 23.4 Å². The summed E-state index contributed by atoms with van der Waals surface area (Å²) in [5, 5.41) is 3.32. The maximum absolute atomic E-state index is 12.0. The second kappa shape index (κ2) is 7.85. The topological polar surface area (TPSA) is 73.9 Å². The van der Waals surface area contributed by atoms with Gasteiger partial charge >= 0.3 is 5.97 Å². The van der Waals surface area contributed by atoms with Crippen LogP contribution in [0.25, 0.3) is 0 Å². The summed E-state index contributed by atoms with van der Waals surface area (Å²) in [6, 6.07) is 9.51. The zero-order chi connectivity index (χ0) is 18.7. The zero-order valence-electron chi connectivity index (χ0n) is 13.8. The minimum absolute atomic E-state index is 0.146. The Kier molecular flexibility index (Phi) is 5.54. The molecule has 2 aromatic rings. The van der Waals surface area contributed by atoms with Gasteiger partial charge < -0.3 is 19.5 Å². The van der Waals surface area contributed by atoms with Crippen LogP contribution in [0.15, 0.2) is 36.4 Å². The number of fused-ring (bicyclic) bond motifs is 1. The zero-order valence-corrected chi connectivity index (χ0v) is 15.3. The highest BCUT2D eigenvalue weighted by atomic mass is 35.5. The Balaban J connectivity index is 1.54. The number of ether oxygens (including phenoxy) is 3. The molecular weight excluding hydrogens is 381 g/mol. The standard InChI is InChI=1S/C18H15Cl2NO5/c1-10(11-2-5-15-16(6-11)26-9-25-15)21-17(22)8-24-18(23)13-4-3-12(19)7-14(13)20/h2-7,10H,8-9H2,1H3,(H,21,22)/t10-/m0/s1. The minimum atomic E-state index is -0.697. The largest absolute Gasteiger partial charge is 0.454 e. The Morgan fingerprint density at radius 3 is 2.69 bits per heavy atom. The molecular formula is C18H15Cl2NO5. The number of hydrogen-bond donors (Lipinski definition) is 1. The van der Waals surface area contributed by atoms with Gasteiger partial charge in [-0.15, -0.1) is 0 Å². The summed E-state index contributed by atoms with van der Waals surface area (Å²) in [6.45, 7) is 1.57. The number of nitrogens with one attached hydrogen (secondary N) is 1. The van der Waals surface area contributed by atoms with E-state index < -0.39 is 18.5 Å². The molecule has 1 aliphatic rings. The molecule has 8 heteroatoms. The number of halogens is 2. The van der Waals surface area contributed by atoms with Gasteiger partial charge in [-0.25, -0.2) is 4.79 Å². The van der Waals surface area contributed by atoms with E-state index in [1.807, 2.05) is 13.0 Å². The molecule has 0 fully saturated rings. The molecule has 2 aromatic carbocycles. The molecule has 6 nitrogen and oxygen atoms in total. The Labute approximate surface area is 159 Å². The summed E-state index contributed by atoms with van der Waals surface area (Å²) < 4.78 is 15.6. The van der Waals surface area contributed by atoms with E-state index in [1.165, 1.54) is 18.2 Å². The molecule has 0 aliphatic carbocycles. The molecule has 1 aliphatic heterocycles. The molecule has 1 amide bonds. The Morgan fingerprint density at radius 1 is 1.15 bits per heavy atom. The summed E-state index contributed by atoms with van der Waals surface area (Å²) in [5.41, 5.74) is 0.988. The first kappa shape index (κ1) is 18.4. The lowest BCUT2D eigenvalue weighted by molar-refractivity contribution is -0.124. The molecule has 0 radical (unpaired) electrons. The Hall–Kier alpha value is -2.44. The van der Waals surface area contributed by atoms with Gasteiger partial charge in [-0.2, -0.15) is 0 Å². The quantitative estimate of drug-likeness (QED) is 0.780. The molecule has 3 rings (SSSR count). The number of benzene rings is 2. The Bertz CT molecular complexity index is 855. The van der Waals surface area contributed by atoms with E-state index in [1.54, 1.807) is 12.1 Å². The maximum Gasteiger partial charge on any atom is 0.340 e. The van der Waals surface area contributed by atoms with Crippen LogP contribution in [-0.4, -0.2) is 25.3 Å². The molecule has 1 N–H and O–H groups in total. The molecule has 0 saturated heterocycles. The number of carbonyl (C=O) groups excluding carboxylic acids is 2. The summed E-state index contributed by atoms with van der Waals surface area (Å²) in [4.78, 5) is 24.0. The van der Waals surface area contributed by atoms with E-state index in [9.17, 15) is 9.59 Å². The van der Waals surface area contributed by atoms with Crippen LogP contribution in [0.4, 0.5) is 0 Å². The summed E-state index contributed by atoms with van der Waals surface area (Å²) in [6.07, 6.45) is 0. The molecule has 0 saturated carbocycles. The molecule has 26 heavy (non-hydrogen) atoms. The van der Waals surface area contributed by atoms with E-state index in [4.69, 9.17) is 37.4 Å². The first-order valence-corrected chi connectivity index (χ1v) is 8.50. The fourth-order valence-electron chi connectivity index (χ4n) is 2.41. The van der Waals surface area contributed by atoms with Crippen LogP contribution in [0.3, 0.4) is 0 Å². The van der Waals surface area contributed by atoms with Gasteiger partial charge in [-0.1, -0.05) is 29.3 Å². The van der Waals surface area contributed by atoms with Crippen molar-refractivity contribution in [2.75, 3.05) is 13.4 Å². The van der Waals surface area contributed by atoms with Gasteiger partial charge in [0.15, 0.2) is 18.1 Å². The molecule has 0 bridgehead atoms. The van der Waals surface area contributed by atoms with Crippen LogP contribution in [-0.2, 0) is 9.53 Å². The fourth-order valence-corrected chi connectivity index (χ4v) is 2.90. The highest BCUT2D eigenvalue weighted by molar-refractivity contribution is 6.36. The van der Waals surface area contributed by atoms with Crippen molar-refractivity contribution in [3.63, 3.8) is 0 Å². The third kappa shape index (κ3) is 4.20. The van der Waals surface area contributed by atoms with Gasteiger partial charge in [0, 0.05) is 5.02 Å². The normalized spacial score (nSPS) is 13.2. The van der Waals surface area contributed by atoms with Crippen molar-refractivity contribution < 1.29 is 23.8 Å². The lowest BCUT2D eigenvalue weighted by Crippen LogP contribution is -2.31. The van der Waals surface area contributed by atoms with E-state index in [0.29, 0.717) is 16.5 Å². The molecule has 1 atom stereocenters. The highest BCUT2D eigenvalue weighted by Crippen LogP contribution is 2.34. The third-order valence-corrected chi connectivity index (χ3v) is 4.31. The van der Waals surface area contributed by atoms with Gasteiger partial charge in [-0.3, -0.25) is 4.79 Å². The summed E-state index contributed by atoms with van der Waals surface area (Å²) in [5.74, 6) is 0.166. The smallest absolute Gasteiger partial charge is 0.340 e. The summed E-state index contributed by atoms with van der Waals surface area (Å²) in [7, 11) is 0. The van der Waals surface area contributed by atoms with Gasteiger partial charge in [0.05, 0.1) is 16.6 Å². The van der Waals surface area contributed by atoms with Crippen molar-refractivity contribution in [3.8, 4) is 11.5 Å². The number of carbonyl (C=O) groups is 2. The van der Waals surface area contributed by atoms with Crippen molar-refractivity contribution >= 4 is 35.1 Å². The number of amides is 1. The van der Waals surface area contributed by atoms with E-state index in [2.05, 4.69) is 5.32 Å². The lowest BCUT2D eigenvalue weighted by atomic mass is 10.1. The monoisotopic (exact) mass is 395 g/mol. The van der Waals surface area contributed by atoms with Gasteiger partial charge in [-0.05, 0) is 42.8 Å². The molecule has 1 heterocycles. The van der Waals surface area contributed by atoms with Crippen molar-refractivity contribution in [1.82, 2.24) is 5.32 Å². The van der Waals surface area contributed by atoms with Crippen LogP contribution in [0.2, 0.25) is 10.0 Å². The first-order valence-electron chi connectivity index (χ1n) is 7.75. The van der Waals surface area contributed by atoms with Gasteiger partial charge in [0.2, 0.25) is 6.79 Å². The molecule has 136 valence electrons. The fraction of sp³-hybridized carbons (Fsp3) is 0.222. The average molecular weight is 396 g/mol. The van der Waals surface area contributed by atoms with E-state index >= 15 is 0 Å². The van der Waals surface area contributed by atoms with Crippen molar-refractivity contribution in [3.05, 3.63) is 57.6 Å². The molecule has 0 unspecified atom stereocenters. The predicted molar refractivity (Wildman–Crippen MR) is 95.9 cm³/mol. The molecule has 0 aromatic heterocycles. The van der Waals surface area contributed by atoms with Crippen molar-refractivity contribution in [2.24, 2.45) is 0 Å². The van der Waals surface area contributed by atoms with Crippen LogP contribution < -0.4 is 14.8 Å². The second-order valence-electron chi connectivity index (χ2n) is 5.60. The number of rotatable bonds is 5. The SMILES string of the molecule is C[C@H](NC(=O)COC(=O)c1ccc(Cl)cc1Cl)c1ccc2c(c1)OCO2. The van der Waals surface area contributed by atoms with Crippen molar-refractivity contribution in [2.45, 2.75) is 13.0 Å². The summed E-state index contributed by atoms with van der Waals surface area (Å²) >= 11 is 11.7. The predicted octanol–water partition coefficient (Wildman–Crippen LogP) is 3.76. The highest BCUT2D eigenvalue weighted by Gasteiger charge is 2.18. The lowest BCUT2D eigenvalue weighted by Gasteiger charge is -2.15. The van der Waals surface area contributed by atoms with Gasteiger partial charge in [0.1, 0.15) is 0 Å². The first-order chi connectivity index (χ1) is 12.4. The van der Waals surface area contributed by atoms with Crippen LogP contribution >= 0.6 is 23.2 Å². The van der Waals surface area contributed by atoms with Crippen LogP contribution in [0.1, 0.15) is 28.9 Å². The van der Waals surface area contributed by atoms with Crippen LogP contribution in [0, 0.1) is 0 Å². The van der Waals surface area contributed by atoms with Gasteiger partial charge in [0.25, 0.3) is 5.91 Å². The minimum Gasteiger partial charge on any atom is -0.454 e. The second-order valence-corrected chi connectivity index (χ2v) is 6.45. The third-order valence-electron chi connectivity index (χ3n) is 3.76. The number of hydrogen-bond acceptors (Lipinski definition) is 5. The number of esters is 1. The van der Waals surface area contributed by atoms with E-state index in [0.717, 1.165) is 5.56 Å². The van der Waals surface area contributed by atoms with Crippen LogP contribution in [0.5, 0.6) is 11.5 Å². The average Bonchev–Trinajstić information content (AvgIpc) is 3.07. The molecule has 0 spiro atoms. The Morgan fingerprint density at radius 2 is 1.92 bits per heavy atom. The maximum atomic E-state index is 12.0.